The van der Waals surface area contributed by atoms with Crippen LogP contribution in [0, 0.1) is 0 Å². The van der Waals surface area contributed by atoms with Gasteiger partial charge in [-0.25, -0.2) is 14.4 Å². The first-order chi connectivity index (χ1) is 17.0. The maximum Gasteiger partial charge on any atom is 0.490 e. The molecule has 2 aromatic rings. The number of amides is 2. The molecule has 14 heteroatoms. The van der Waals surface area contributed by atoms with Crippen molar-refractivity contribution >= 4 is 18.2 Å². The normalized spacial score (nSPS) is 13.6. The standard InChI is InChI=1S/C21H29N5O4.C2HF3O2/c1-20(2,3)30-18(27)22-21(4,5)17-24-23-16-13-25(11-12-26(16)17)19(28)29-14-15-9-7-6-8-10-15;3-2(4,5)1(6)7/h6-10H,11-14H2,1-5H3,(H,22,27);(H,6,7). The van der Waals surface area contributed by atoms with Crippen molar-refractivity contribution < 1.29 is 42.1 Å². The van der Waals surface area contributed by atoms with Gasteiger partial charge in [0, 0.05) is 13.1 Å². The van der Waals surface area contributed by atoms with Gasteiger partial charge in [0.1, 0.15) is 12.2 Å². The fourth-order valence-electron chi connectivity index (χ4n) is 3.20. The highest BCUT2D eigenvalue weighted by molar-refractivity contribution is 5.73. The van der Waals surface area contributed by atoms with Crippen LogP contribution in [0.25, 0.3) is 0 Å². The van der Waals surface area contributed by atoms with Crippen LogP contribution in [0.5, 0.6) is 0 Å². The molecule has 2 heterocycles. The predicted molar refractivity (Wildman–Crippen MR) is 123 cm³/mol. The molecular formula is C23H30F3N5O6. The SMILES string of the molecule is CC(C)(C)OC(=O)NC(C)(C)c1nnc2n1CCN(C(=O)OCc1ccccc1)C2.O=C(O)C(F)(F)F. The Labute approximate surface area is 211 Å². The van der Waals surface area contributed by atoms with Crippen LogP contribution >= 0.6 is 0 Å². The first kappa shape index (κ1) is 29.4. The van der Waals surface area contributed by atoms with Crippen LogP contribution in [0.1, 0.15) is 51.8 Å². The zero-order valence-corrected chi connectivity index (χ0v) is 21.1. The van der Waals surface area contributed by atoms with E-state index in [4.69, 9.17) is 19.4 Å². The van der Waals surface area contributed by atoms with Crippen molar-refractivity contribution in [3.63, 3.8) is 0 Å². The number of ether oxygens (including phenoxy) is 2. The van der Waals surface area contributed by atoms with E-state index >= 15 is 0 Å². The molecular weight excluding hydrogens is 499 g/mol. The van der Waals surface area contributed by atoms with Crippen molar-refractivity contribution in [3.8, 4) is 0 Å². The second-order valence-corrected chi connectivity index (χ2v) is 9.61. The maximum atomic E-state index is 12.4. The van der Waals surface area contributed by atoms with Crippen LogP contribution in [0.2, 0.25) is 0 Å². The summed E-state index contributed by atoms with van der Waals surface area (Å²) in [6.07, 6.45) is -5.99. The summed E-state index contributed by atoms with van der Waals surface area (Å²) in [4.78, 5) is 35.1. The predicted octanol–water partition coefficient (Wildman–Crippen LogP) is 3.82. The van der Waals surface area contributed by atoms with Gasteiger partial charge in [-0.1, -0.05) is 30.3 Å². The Morgan fingerprint density at radius 1 is 1.03 bits per heavy atom. The fourth-order valence-corrected chi connectivity index (χ4v) is 3.20. The molecule has 3 rings (SSSR count). The van der Waals surface area contributed by atoms with Gasteiger partial charge in [-0.3, -0.25) is 4.90 Å². The number of alkyl halides is 3. The van der Waals surface area contributed by atoms with E-state index in [9.17, 15) is 22.8 Å². The molecule has 0 bridgehead atoms. The summed E-state index contributed by atoms with van der Waals surface area (Å²) in [6.45, 7) is 10.6. The van der Waals surface area contributed by atoms with E-state index < -0.39 is 29.4 Å². The monoisotopic (exact) mass is 529 g/mol. The zero-order valence-electron chi connectivity index (χ0n) is 21.1. The van der Waals surface area contributed by atoms with Crippen LogP contribution in [0.4, 0.5) is 22.8 Å². The minimum atomic E-state index is -5.08. The number of nitrogens with one attached hydrogen (secondary N) is 1. The van der Waals surface area contributed by atoms with E-state index in [0.717, 1.165) is 5.56 Å². The number of carbonyl (C=O) groups is 3. The molecule has 1 aromatic carbocycles. The number of alkyl carbamates (subject to hydrolysis) is 1. The van der Waals surface area contributed by atoms with Gasteiger partial charge in [0.25, 0.3) is 0 Å². The summed E-state index contributed by atoms with van der Waals surface area (Å²) < 4.78 is 44.4. The topological polar surface area (TPSA) is 136 Å². The Balaban J connectivity index is 0.000000604. The molecule has 0 radical (unpaired) electrons. The van der Waals surface area contributed by atoms with Crippen LogP contribution < -0.4 is 5.32 Å². The number of rotatable bonds is 4. The minimum Gasteiger partial charge on any atom is -0.475 e. The quantitative estimate of drug-likeness (QED) is 0.610. The number of halogens is 3. The van der Waals surface area contributed by atoms with Gasteiger partial charge in [0.05, 0.1) is 12.1 Å². The molecule has 11 nitrogen and oxygen atoms in total. The van der Waals surface area contributed by atoms with E-state index in [-0.39, 0.29) is 12.7 Å². The van der Waals surface area contributed by atoms with Crippen LogP contribution in [0.3, 0.4) is 0 Å². The average molecular weight is 530 g/mol. The second kappa shape index (κ2) is 11.5. The third kappa shape index (κ3) is 8.95. The highest BCUT2D eigenvalue weighted by Crippen LogP contribution is 2.23. The van der Waals surface area contributed by atoms with Crippen molar-refractivity contribution in [2.45, 2.75) is 71.6 Å². The lowest BCUT2D eigenvalue weighted by Crippen LogP contribution is -2.46. The third-order valence-electron chi connectivity index (χ3n) is 4.83. The van der Waals surface area contributed by atoms with Gasteiger partial charge in [-0.05, 0) is 40.2 Å². The van der Waals surface area contributed by atoms with E-state index in [0.29, 0.717) is 31.3 Å². The lowest BCUT2D eigenvalue weighted by atomic mass is 10.0. The maximum absolute atomic E-state index is 12.4. The Kier molecular flexibility index (Phi) is 9.12. The molecule has 0 spiro atoms. The highest BCUT2D eigenvalue weighted by atomic mass is 19.4. The molecule has 1 aliphatic heterocycles. The van der Waals surface area contributed by atoms with E-state index in [1.807, 2.05) is 69.5 Å². The summed E-state index contributed by atoms with van der Waals surface area (Å²) in [7, 11) is 0. The molecule has 1 aliphatic rings. The van der Waals surface area contributed by atoms with Crippen LogP contribution in [-0.2, 0) is 39.5 Å². The van der Waals surface area contributed by atoms with E-state index in [2.05, 4.69) is 15.5 Å². The summed E-state index contributed by atoms with van der Waals surface area (Å²) in [5.74, 6) is -1.50. The van der Waals surface area contributed by atoms with Crippen LogP contribution in [0.15, 0.2) is 30.3 Å². The first-order valence-corrected chi connectivity index (χ1v) is 11.2. The molecule has 2 amide bonds. The molecule has 0 atom stereocenters. The molecule has 0 unspecified atom stereocenters. The number of carboxylic acids is 1. The molecule has 0 fully saturated rings. The van der Waals surface area contributed by atoms with Crippen molar-refractivity contribution in [1.82, 2.24) is 25.0 Å². The van der Waals surface area contributed by atoms with Gasteiger partial charge in [-0.15, -0.1) is 10.2 Å². The van der Waals surface area contributed by atoms with Crippen LogP contribution in [-0.4, -0.2) is 61.2 Å². The number of carbonyl (C=O) groups excluding carboxylic acids is 2. The lowest BCUT2D eigenvalue weighted by molar-refractivity contribution is -0.192. The van der Waals surface area contributed by atoms with Gasteiger partial charge in [0.15, 0.2) is 11.6 Å². The number of fused-ring (bicyclic) bond motifs is 1. The number of hydrogen-bond acceptors (Lipinski definition) is 7. The Morgan fingerprint density at radius 2 is 1.62 bits per heavy atom. The number of aromatic nitrogens is 3. The van der Waals surface area contributed by atoms with Gasteiger partial charge >= 0.3 is 24.3 Å². The smallest absolute Gasteiger partial charge is 0.475 e. The van der Waals surface area contributed by atoms with Gasteiger partial charge < -0.3 is 24.5 Å². The van der Waals surface area contributed by atoms with Crippen molar-refractivity contribution in [3.05, 3.63) is 47.5 Å². The molecule has 0 aliphatic carbocycles. The molecule has 0 saturated carbocycles. The molecule has 0 saturated heterocycles. The summed E-state index contributed by atoms with van der Waals surface area (Å²) in [6, 6.07) is 9.54. The average Bonchev–Trinajstić information content (AvgIpc) is 3.20. The Morgan fingerprint density at radius 3 is 2.16 bits per heavy atom. The summed E-state index contributed by atoms with van der Waals surface area (Å²) in [5.41, 5.74) is -0.447. The number of hydrogen-bond donors (Lipinski definition) is 2. The molecule has 1 aromatic heterocycles. The largest absolute Gasteiger partial charge is 0.490 e. The Hall–Kier alpha value is -3.84. The summed E-state index contributed by atoms with van der Waals surface area (Å²) in [5, 5.41) is 18.5. The molecule has 2 N–H and O–H groups in total. The van der Waals surface area contributed by atoms with Crippen molar-refractivity contribution in [2.75, 3.05) is 6.54 Å². The highest BCUT2D eigenvalue weighted by Gasteiger charge is 2.38. The van der Waals surface area contributed by atoms with E-state index in [1.54, 1.807) is 4.90 Å². The van der Waals surface area contributed by atoms with Gasteiger partial charge in [-0.2, -0.15) is 13.2 Å². The third-order valence-corrected chi connectivity index (χ3v) is 4.83. The number of carboxylic acid groups (broad SMARTS) is 1. The lowest BCUT2D eigenvalue weighted by Gasteiger charge is -2.31. The summed E-state index contributed by atoms with van der Waals surface area (Å²) >= 11 is 0. The number of aliphatic carboxylic acids is 1. The fraction of sp³-hybridized carbons (Fsp3) is 0.522. The van der Waals surface area contributed by atoms with Crippen molar-refractivity contribution in [2.24, 2.45) is 0 Å². The molecule has 204 valence electrons. The Bertz CT molecular complexity index is 1100. The molecule has 37 heavy (non-hydrogen) atoms. The second-order valence-electron chi connectivity index (χ2n) is 9.61. The number of nitrogens with zero attached hydrogens (tertiary/aromatic N) is 4. The minimum absolute atomic E-state index is 0.223. The van der Waals surface area contributed by atoms with E-state index in [1.165, 1.54) is 0 Å². The number of benzene rings is 1. The van der Waals surface area contributed by atoms with Crippen molar-refractivity contribution in [1.29, 1.82) is 0 Å². The van der Waals surface area contributed by atoms with Gasteiger partial charge in [0.2, 0.25) is 0 Å². The zero-order chi connectivity index (χ0) is 28.0. The first-order valence-electron chi connectivity index (χ1n) is 11.2.